The lowest BCUT2D eigenvalue weighted by Crippen LogP contribution is -2.52. The van der Waals surface area contributed by atoms with Gasteiger partial charge in [-0.3, -0.25) is 9.78 Å². The number of urea groups is 1. The van der Waals surface area contributed by atoms with Gasteiger partial charge in [-0.2, -0.15) is 0 Å². The minimum absolute atomic E-state index is 0.0484. The molecular weight excluding hydrogens is 323 g/mol. The number of benzene rings is 1. The molecule has 2 heterocycles. The van der Waals surface area contributed by atoms with Gasteiger partial charge in [-0.15, -0.1) is 0 Å². The summed E-state index contributed by atoms with van der Waals surface area (Å²) in [5, 5.41) is 0.642. The van der Waals surface area contributed by atoms with E-state index in [2.05, 4.69) is 4.98 Å². The second kappa shape index (κ2) is 6.66. The molecule has 1 aromatic heterocycles. The molecule has 0 bridgehead atoms. The summed E-state index contributed by atoms with van der Waals surface area (Å²) in [4.78, 5) is 34.3. The molecule has 2 aromatic rings. The third kappa shape index (κ3) is 3.40. The van der Waals surface area contributed by atoms with Crippen molar-refractivity contribution in [1.29, 1.82) is 0 Å². The molecule has 0 aliphatic carbocycles. The number of rotatable bonds is 1. The minimum atomic E-state index is -0.375. The summed E-state index contributed by atoms with van der Waals surface area (Å²) >= 11 is 0. The highest BCUT2D eigenvalue weighted by atomic mass is 19.1. The van der Waals surface area contributed by atoms with Crippen LogP contribution in [0.1, 0.15) is 16.1 Å². The van der Waals surface area contributed by atoms with E-state index < -0.39 is 0 Å². The van der Waals surface area contributed by atoms with Crippen molar-refractivity contribution in [2.45, 2.75) is 6.92 Å². The molecule has 0 saturated carbocycles. The molecule has 0 N–H and O–H groups in total. The summed E-state index contributed by atoms with van der Waals surface area (Å²) < 4.78 is 13.5. The lowest BCUT2D eigenvalue weighted by atomic mass is 10.1. The number of hydrogen-bond acceptors (Lipinski definition) is 3. The highest BCUT2D eigenvalue weighted by Crippen LogP contribution is 2.22. The maximum Gasteiger partial charge on any atom is 0.319 e. The molecule has 3 amide bonds. The zero-order valence-electron chi connectivity index (χ0n) is 14.6. The van der Waals surface area contributed by atoms with Gasteiger partial charge in [0.1, 0.15) is 5.82 Å². The minimum Gasteiger partial charge on any atom is -0.335 e. The summed E-state index contributed by atoms with van der Waals surface area (Å²) in [7, 11) is 3.43. The number of amides is 3. The average molecular weight is 344 g/mol. The number of carbonyl (C=O) groups is 2. The predicted molar refractivity (Wildman–Crippen MR) is 93.0 cm³/mol. The number of aryl methyl sites for hydroxylation is 1. The van der Waals surface area contributed by atoms with Crippen LogP contribution >= 0.6 is 0 Å². The Kier molecular flexibility index (Phi) is 4.57. The number of aromatic nitrogens is 1. The van der Waals surface area contributed by atoms with Crippen molar-refractivity contribution in [3.63, 3.8) is 0 Å². The van der Waals surface area contributed by atoms with Crippen molar-refractivity contribution < 1.29 is 14.0 Å². The van der Waals surface area contributed by atoms with E-state index >= 15 is 0 Å². The fourth-order valence-electron chi connectivity index (χ4n) is 3.06. The van der Waals surface area contributed by atoms with Crippen molar-refractivity contribution in [2.24, 2.45) is 0 Å². The molecule has 1 saturated heterocycles. The molecule has 1 aliphatic rings. The molecule has 0 atom stereocenters. The van der Waals surface area contributed by atoms with Gasteiger partial charge in [0.25, 0.3) is 5.91 Å². The van der Waals surface area contributed by atoms with Crippen LogP contribution in [0.5, 0.6) is 0 Å². The summed E-state index contributed by atoms with van der Waals surface area (Å²) in [6, 6.07) is 5.96. The zero-order chi connectivity index (χ0) is 18.1. The Morgan fingerprint density at radius 3 is 2.36 bits per heavy atom. The highest BCUT2D eigenvalue weighted by molar-refractivity contribution is 6.06. The molecule has 6 nitrogen and oxygen atoms in total. The van der Waals surface area contributed by atoms with Crippen LogP contribution in [0.4, 0.5) is 9.18 Å². The van der Waals surface area contributed by atoms with E-state index in [-0.39, 0.29) is 17.8 Å². The average Bonchev–Trinajstić information content (AvgIpc) is 2.59. The summed E-state index contributed by atoms with van der Waals surface area (Å²) in [6.07, 6.45) is 0. The van der Waals surface area contributed by atoms with Gasteiger partial charge < -0.3 is 14.7 Å². The van der Waals surface area contributed by atoms with Crippen LogP contribution in [0.15, 0.2) is 24.3 Å². The summed E-state index contributed by atoms with van der Waals surface area (Å²) in [5.41, 5.74) is 1.67. The predicted octanol–water partition coefficient (Wildman–Crippen LogP) is 2.12. The number of nitrogens with zero attached hydrogens (tertiary/aromatic N) is 4. The van der Waals surface area contributed by atoms with E-state index in [1.807, 2.05) is 0 Å². The Hall–Kier alpha value is -2.70. The van der Waals surface area contributed by atoms with E-state index in [0.29, 0.717) is 48.3 Å². The Balaban J connectivity index is 1.83. The molecule has 132 valence electrons. The van der Waals surface area contributed by atoms with Crippen molar-refractivity contribution in [1.82, 2.24) is 19.7 Å². The van der Waals surface area contributed by atoms with Gasteiger partial charge in [-0.25, -0.2) is 9.18 Å². The SMILES string of the molecule is Cc1cc(C(=O)N2CCN(C(=O)N(C)C)CC2)c2ccc(F)cc2n1. The molecule has 1 aromatic carbocycles. The first-order valence-corrected chi connectivity index (χ1v) is 8.19. The van der Waals surface area contributed by atoms with Gasteiger partial charge >= 0.3 is 6.03 Å². The van der Waals surface area contributed by atoms with Gasteiger partial charge in [0, 0.05) is 57.4 Å². The normalized spacial score (nSPS) is 14.7. The molecule has 7 heteroatoms. The number of pyridine rings is 1. The fourth-order valence-corrected chi connectivity index (χ4v) is 3.06. The first-order chi connectivity index (χ1) is 11.9. The largest absolute Gasteiger partial charge is 0.335 e. The molecule has 0 spiro atoms. The topological polar surface area (TPSA) is 56.8 Å². The van der Waals surface area contributed by atoms with E-state index in [1.54, 1.807) is 43.0 Å². The standard InChI is InChI=1S/C18H21FN4O2/c1-12-10-15(14-5-4-13(19)11-16(14)20-12)17(24)22-6-8-23(9-7-22)18(25)21(2)3/h4-5,10-11H,6-9H2,1-3H3. The maximum atomic E-state index is 13.5. The van der Waals surface area contributed by atoms with Crippen LogP contribution in [-0.2, 0) is 0 Å². The molecule has 25 heavy (non-hydrogen) atoms. The van der Waals surface area contributed by atoms with E-state index in [4.69, 9.17) is 0 Å². The van der Waals surface area contributed by atoms with Gasteiger partial charge in [0.05, 0.1) is 11.1 Å². The highest BCUT2D eigenvalue weighted by Gasteiger charge is 2.26. The van der Waals surface area contributed by atoms with Crippen molar-refractivity contribution in [2.75, 3.05) is 40.3 Å². The number of carbonyl (C=O) groups excluding carboxylic acids is 2. The summed E-state index contributed by atoms with van der Waals surface area (Å²) in [5.74, 6) is -0.487. The number of piperazine rings is 1. The van der Waals surface area contributed by atoms with Gasteiger partial charge in [0.15, 0.2) is 0 Å². The number of halogens is 1. The second-order valence-electron chi connectivity index (χ2n) is 6.43. The summed E-state index contributed by atoms with van der Waals surface area (Å²) in [6.45, 7) is 3.73. The van der Waals surface area contributed by atoms with Gasteiger partial charge in [-0.05, 0) is 25.1 Å². The quantitative estimate of drug-likeness (QED) is 0.796. The van der Waals surface area contributed by atoms with Crippen LogP contribution in [0.3, 0.4) is 0 Å². The third-order valence-electron chi connectivity index (χ3n) is 4.35. The van der Waals surface area contributed by atoms with Gasteiger partial charge in [0.2, 0.25) is 0 Å². The third-order valence-corrected chi connectivity index (χ3v) is 4.35. The van der Waals surface area contributed by atoms with E-state index in [1.165, 1.54) is 17.0 Å². The van der Waals surface area contributed by atoms with Crippen LogP contribution in [0.2, 0.25) is 0 Å². The second-order valence-corrected chi connectivity index (χ2v) is 6.43. The first-order valence-electron chi connectivity index (χ1n) is 8.19. The van der Waals surface area contributed by atoms with Crippen LogP contribution in [0.25, 0.3) is 10.9 Å². The Morgan fingerprint density at radius 1 is 1.08 bits per heavy atom. The maximum absolute atomic E-state index is 13.5. The van der Waals surface area contributed by atoms with Gasteiger partial charge in [-0.1, -0.05) is 0 Å². The zero-order valence-corrected chi connectivity index (χ0v) is 14.6. The Bertz CT molecular complexity index is 824. The molecule has 0 radical (unpaired) electrons. The van der Waals surface area contributed by atoms with Crippen LogP contribution < -0.4 is 0 Å². The van der Waals surface area contributed by atoms with Crippen molar-refractivity contribution >= 4 is 22.8 Å². The van der Waals surface area contributed by atoms with Crippen molar-refractivity contribution in [3.05, 3.63) is 41.3 Å². The fraction of sp³-hybridized carbons (Fsp3) is 0.389. The Labute approximate surface area is 145 Å². The van der Waals surface area contributed by atoms with E-state index in [0.717, 1.165) is 0 Å². The number of fused-ring (bicyclic) bond motifs is 1. The van der Waals surface area contributed by atoms with Crippen LogP contribution in [-0.4, -0.2) is 71.9 Å². The first kappa shape index (κ1) is 17.1. The van der Waals surface area contributed by atoms with Crippen molar-refractivity contribution in [3.8, 4) is 0 Å². The molecule has 1 fully saturated rings. The monoisotopic (exact) mass is 344 g/mol. The van der Waals surface area contributed by atoms with Crippen LogP contribution in [0, 0.1) is 12.7 Å². The lowest BCUT2D eigenvalue weighted by Gasteiger charge is -2.36. The molecule has 1 aliphatic heterocycles. The lowest BCUT2D eigenvalue weighted by molar-refractivity contribution is 0.0652. The number of hydrogen-bond donors (Lipinski definition) is 0. The Morgan fingerprint density at radius 2 is 1.72 bits per heavy atom. The molecule has 0 unspecified atom stereocenters. The molecular formula is C18H21FN4O2. The molecule has 3 rings (SSSR count). The smallest absolute Gasteiger partial charge is 0.319 e. The van der Waals surface area contributed by atoms with E-state index in [9.17, 15) is 14.0 Å².